The number of furan rings is 2. The highest BCUT2D eigenvalue weighted by atomic mass is 16.3. The highest BCUT2D eigenvalue weighted by molar-refractivity contribution is 6.14. The van der Waals surface area contributed by atoms with Crippen LogP contribution in [0.4, 0.5) is 0 Å². The third-order valence-corrected chi connectivity index (χ3v) is 10.5. The minimum atomic E-state index is 0.617. The molecule has 0 amide bonds. The van der Waals surface area contributed by atoms with Gasteiger partial charge in [-0.3, -0.25) is 0 Å². The summed E-state index contributed by atoms with van der Waals surface area (Å²) in [7, 11) is 0. The molecule has 3 aromatic heterocycles. The van der Waals surface area contributed by atoms with Crippen molar-refractivity contribution in [2.75, 3.05) is 0 Å². The van der Waals surface area contributed by atoms with E-state index in [1.165, 1.54) is 16.5 Å². The predicted octanol–water partition coefficient (Wildman–Crippen LogP) is 13.8. The molecule has 0 aliphatic heterocycles. The molecule has 3 heterocycles. The molecule has 0 N–H and O–H groups in total. The maximum absolute atomic E-state index is 6.52. The normalized spacial score (nSPS) is 11.7. The van der Waals surface area contributed by atoms with Crippen molar-refractivity contribution in [3.8, 4) is 56.2 Å². The smallest absolute Gasteiger partial charge is 0.160 e. The van der Waals surface area contributed by atoms with Crippen LogP contribution >= 0.6 is 0 Å². The molecule has 54 heavy (non-hydrogen) atoms. The summed E-state index contributed by atoms with van der Waals surface area (Å²) < 4.78 is 12.8. The molecule has 11 aromatic rings. The second-order valence-electron chi connectivity index (χ2n) is 13.7. The highest BCUT2D eigenvalue weighted by Crippen LogP contribution is 2.42. The third kappa shape index (κ3) is 5.00. The van der Waals surface area contributed by atoms with Crippen molar-refractivity contribution in [1.82, 2.24) is 9.97 Å². The number of fused-ring (bicyclic) bond motifs is 7. The molecule has 4 heteroatoms. The molecule has 0 aliphatic carbocycles. The van der Waals surface area contributed by atoms with E-state index in [0.717, 1.165) is 88.5 Å². The van der Waals surface area contributed by atoms with Gasteiger partial charge in [0, 0.05) is 38.2 Å². The van der Waals surface area contributed by atoms with Crippen molar-refractivity contribution in [2.24, 2.45) is 0 Å². The van der Waals surface area contributed by atoms with Crippen LogP contribution in [0.5, 0.6) is 0 Å². The second kappa shape index (κ2) is 12.1. The number of hydrogen-bond acceptors (Lipinski definition) is 4. The SMILES string of the molecule is c1ccc(-c2ccc3cc(-c4cc(-c5cccc6oc7ccccc7c56)nc(-c5cc(-c6ccccc6)c6c(c5)oc5ccccc56)n4)ccc3c2)cc1. The monoisotopic (exact) mass is 690 g/mol. The van der Waals surface area contributed by atoms with E-state index in [2.05, 4.69) is 133 Å². The van der Waals surface area contributed by atoms with Crippen molar-refractivity contribution >= 4 is 54.6 Å². The van der Waals surface area contributed by atoms with E-state index >= 15 is 0 Å². The van der Waals surface area contributed by atoms with Crippen LogP contribution in [0.25, 0.3) is 111 Å². The number of nitrogens with zero attached hydrogens (tertiary/aromatic N) is 2. The Kier molecular flexibility index (Phi) is 6.82. The van der Waals surface area contributed by atoms with Crippen LogP contribution in [0.1, 0.15) is 0 Å². The number of para-hydroxylation sites is 2. The van der Waals surface area contributed by atoms with Gasteiger partial charge in [-0.05, 0) is 81.6 Å². The molecular formula is C50H30N2O2. The standard InChI is InChI=1S/C50H30N2O2/c1-3-12-31(13-4-1)33-22-23-35-27-36(25-24-34(35)26-33)42-30-43(38-18-11-21-46-48(38)39-16-7-9-19-44(39)53-46)52-50(51-42)37-28-41(32-14-5-2-6-15-32)49-40-17-8-10-20-45(40)54-47(49)29-37/h1-30H. The summed E-state index contributed by atoms with van der Waals surface area (Å²) in [5.41, 5.74) is 12.4. The minimum Gasteiger partial charge on any atom is -0.456 e. The Bertz CT molecular complexity index is 3210. The molecule has 0 saturated carbocycles. The first-order chi connectivity index (χ1) is 26.7. The Labute approximate surface area is 310 Å². The second-order valence-corrected chi connectivity index (χ2v) is 13.7. The summed E-state index contributed by atoms with van der Waals surface area (Å²) in [5, 5.41) is 6.57. The number of rotatable bonds is 5. The molecular weight excluding hydrogens is 661 g/mol. The Morgan fingerprint density at radius 3 is 1.63 bits per heavy atom. The van der Waals surface area contributed by atoms with Crippen molar-refractivity contribution in [1.29, 1.82) is 0 Å². The fourth-order valence-corrected chi connectivity index (χ4v) is 7.89. The van der Waals surface area contributed by atoms with Gasteiger partial charge < -0.3 is 8.83 Å². The quantitative estimate of drug-likeness (QED) is 0.180. The van der Waals surface area contributed by atoms with Crippen LogP contribution in [-0.4, -0.2) is 9.97 Å². The lowest BCUT2D eigenvalue weighted by atomic mass is 9.96. The molecule has 0 aliphatic rings. The highest BCUT2D eigenvalue weighted by Gasteiger charge is 2.20. The predicted molar refractivity (Wildman–Crippen MR) is 221 cm³/mol. The first-order valence-corrected chi connectivity index (χ1v) is 18.1. The van der Waals surface area contributed by atoms with Crippen LogP contribution in [-0.2, 0) is 0 Å². The van der Waals surface area contributed by atoms with E-state index in [-0.39, 0.29) is 0 Å². The average molecular weight is 691 g/mol. The fourth-order valence-electron chi connectivity index (χ4n) is 7.89. The molecule has 0 unspecified atom stereocenters. The molecule has 252 valence electrons. The number of hydrogen-bond donors (Lipinski definition) is 0. The molecule has 0 fully saturated rings. The summed E-state index contributed by atoms with van der Waals surface area (Å²) in [6, 6.07) is 63.2. The third-order valence-electron chi connectivity index (χ3n) is 10.5. The fraction of sp³-hybridized carbons (Fsp3) is 0. The summed E-state index contributed by atoms with van der Waals surface area (Å²) >= 11 is 0. The zero-order valence-corrected chi connectivity index (χ0v) is 29.0. The minimum absolute atomic E-state index is 0.617. The van der Waals surface area contributed by atoms with Gasteiger partial charge in [0.2, 0.25) is 0 Å². The summed E-state index contributed by atoms with van der Waals surface area (Å²) in [6.07, 6.45) is 0. The average Bonchev–Trinajstić information content (AvgIpc) is 3.82. The molecule has 8 aromatic carbocycles. The molecule has 4 nitrogen and oxygen atoms in total. The molecule has 0 spiro atoms. The topological polar surface area (TPSA) is 52.1 Å². The molecule has 0 saturated heterocycles. The van der Waals surface area contributed by atoms with Crippen LogP contribution in [0.15, 0.2) is 191 Å². The first-order valence-electron chi connectivity index (χ1n) is 18.1. The van der Waals surface area contributed by atoms with Gasteiger partial charge in [-0.15, -0.1) is 0 Å². The van der Waals surface area contributed by atoms with E-state index in [9.17, 15) is 0 Å². The van der Waals surface area contributed by atoms with Gasteiger partial charge in [0.1, 0.15) is 22.3 Å². The first kappa shape index (κ1) is 30.3. The van der Waals surface area contributed by atoms with E-state index < -0.39 is 0 Å². The molecule has 0 atom stereocenters. The summed E-state index contributed by atoms with van der Waals surface area (Å²) in [6.45, 7) is 0. The van der Waals surface area contributed by atoms with Gasteiger partial charge >= 0.3 is 0 Å². The van der Waals surface area contributed by atoms with Gasteiger partial charge in [0.25, 0.3) is 0 Å². The molecule has 0 bridgehead atoms. The Balaban J connectivity index is 1.15. The van der Waals surface area contributed by atoms with Gasteiger partial charge in [-0.25, -0.2) is 9.97 Å². The molecule has 0 radical (unpaired) electrons. The lowest BCUT2D eigenvalue weighted by Gasteiger charge is -2.13. The van der Waals surface area contributed by atoms with E-state index in [0.29, 0.717) is 5.82 Å². The lowest BCUT2D eigenvalue weighted by molar-refractivity contribution is 0.668. The zero-order valence-electron chi connectivity index (χ0n) is 29.0. The molecule has 11 rings (SSSR count). The number of aromatic nitrogens is 2. The van der Waals surface area contributed by atoms with Crippen LogP contribution < -0.4 is 0 Å². The van der Waals surface area contributed by atoms with Crippen LogP contribution in [0.2, 0.25) is 0 Å². The van der Waals surface area contributed by atoms with Crippen LogP contribution in [0, 0.1) is 0 Å². The van der Waals surface area contributed by atoms with Crippen molar-refractivity contribution in [3.63, 3.8) is 0 Å². The van der Waals surface area contributed by atoms with E-state index in [1.54, 1.807) is 0 Å². The van der Waals surface area contributed by atoms with Crippen molar-refractivity contribution in [2.45, 2.75) is 0 Å². The summed E-state index contributed by atoms with van der Waals surface area (Å²) in [5.74, 6) is 0.617. The van der Waals surface area contributed by atoms with E-state index in [1.807, 2.05) is 48.5 Å². The van der Waals surface area contributed by atoms with Crippen molar-refractivity contribution in [3.05, 3.63) is 182 Å². The largest absolute Gasteiger partial charge is 0.456 e. The Hall–Kier alpha value is -7.30. The lowest BCUT2D eigenvalue weighted by Crippen LogP contribution is -1.97. The van der Waals surface area contributed by atoms with Gasteiger partial charge in [-0.1, -0.05) is 133 Å². The Morgan fingerprint density at radius 2 is 0.889 bits per heavy atom. The Morgan fingerprint density at radius 1 is 0.315 bits per heavy atom. The zero-order chi connectivity index (χ0) is 35.6. The van der Waals surface area contributed by atoms with E-state index in [4.69, 9.17) is 18.8 Å². The van der Waals surface area contributed by atoms with Gasteiger partial charge in [0.05, 0.1) is 11.4 Å². The maximum Gasteiger partial charge on any atom is 0.160 e. The number of benzene rings is 8. The summed E-state index contributed by atoms with van der Waals surface area (Å²) in [4.78, 5) is 10.7. The van der Waals surface area contributed by atoms with Gasteiger partial charge in [-0.2, -0.15) is 0 Å². The maximum atomic E-state index is 6.52. The van der Waals surface area contributed by atoms with Crippen LogP contribution in [0.3, 0.4) is 0 Å². The van der Waals surface area contributed by atoms with Crippen molar-refractivity contribution < 1.29 is 8.83 Å². The van der Waals surface area contributed by atoms with Gasteiger partial charge in [0.15, 0.2) is 5.82 Å².